The molecule has 2 fully saturated rings. The van der Waals surface area contributed by atoms with Crippen molar-refractivity contribution in [1.29, 1.82) is 0 Å². The molecule has 2 aliphatic rings. The van der Waals surface area contributed by atoms with Crippen LogP contribution in [-0.4, -0.2) is 81.5 Å². The molecule has 1 unspecified atom stereocenters. The first kappa shape index (κ1) is 20.2. The average molecular weight is 379 g/mol. The fraction of sp³-hybridized carbons (Fsp3) is 0.750. The summed E-state index contributed by atoms with van der Waals surface area (Å²) in [5.74, 6) is 2.92. The van der Waals surface area contributed by atoms with Crippen molar-refractivity contribution in [3.05, 3.63) is 23.7 Å². The van der Waals surface area contributed by atoms with E-state index in [1.165, 1.54) is 0 Å². The van der Waals surface area contributed by atoms with Crippen molar-refractivity contribution >= 4 is 5.96 Å². The number of ether oxygens (including phenoxy) is 2. The van der Waals surface area contributed by atoms with E-state index in [0.29, 0.717) is 6.10 Å². The largest absolute Gasteiger partial charge is 0.465 e. The summed E-state index contributed by atoms with van der Waals surface area (Å²) in [6.45, 7) is 11.0. The van der Waals surface area contributed by atoms with E-state index in [0.717, 1.165) is 82.9 Å². The van der Waals surface area contributed by atoms with Gasteiger partial charge in [0.15, 0.2) is 5.96 Å². The summed E-state index contributed by atoms with van der Waals surface area (Å²) in [5.41, 5.74) is 0. The second kappa shape index (κ2) is 10.1. The number of piperidine rings is 1. The molecule has 1 N–H and O–H groups in total. The van der Waals surface area contributed by atoms with Crippen LogP contribution in [0.1, 0.15) is 37.3 Å². The molecular formula is C20H34N4O3. The third-order valence-corrected chi connectivity index (χ3v) is 5.39. The molecule has 0 amide bonds. The smallest absolute Gasteiger partial charge is 0.193 e. The topological polar surface area (TPSA) is 62.5 Å². The molecule has 0 radical (unpaired) electrons. The van der Waals surface area contributed by atoms with Crippen molar-refractivity contribution in [2.75, 3.05) is 59.6 Å². The Kier molecular flexibility index (Phi) is 7.55. The second-order valence-corrected chi connectivity index (χ2v) is 7.18. The van der Waals surface area contributed by atoms with E-state index in [4.69, 9.17) is 13.9 Å². The lowest BCUT2D eigenvalue weighted by Crippen LogP contribution is -2.50. The molecule has 2 saturated heterocycles. The van der Waals surface area contributed by atoms with Gasteiger partial charge in [0, 0.05) is 46.4 Å². The van der Waals surface area contributed by atoms with Gasteiger partial charge in [-0.3, -0.25) is 9.89 Å². The van der Waals surface area contributed by atoms with E-state index in [1.54, 1.807) is 0 Å². The Morgan fingerprint density at radius 3 is 2.59 bits per heavy atom. The number of nitrogens with one attached hydrogen (secondary N) is 1. The van der Waals surface area contributed by atoms with Gasteiger partial charge in [0.05, 0.1) is 25.4 Å². The van der Waals surface area contributed by atoms with E-state index in [2.05, 4.69) is 33.1 Å². The molecule has 0 saturated carbocycles. The Hall–Kier alpha value is -1.57. The standard InChI is InChI=1S/C20H34N4O3/c1-4-26-17-7-9-24(10-8-17)20(21-3)22-15-18(19-6-5-16(2)27-19)23-11-13-25-14-12-23/h5-6,17-18H,4,7-15H2,1-3H3,(H,21,22). The average Bonchev–Trinajstić information content (AvgIpc) is 3.13. The molecule has 7 nitrogen and oxygen atoms in total. The van der Waals surface area contributed by atoms with E-state index in [9.17, 15) is 0 Å². The summed E-state index contributed by atoms with van der Waals surface area (Å²) in [6, 6.07) is 4.31. The van der Waals surface area contributed by atoms with Crippen LogP contribution in [0.15, 0.2) is 21.5 Å². The Morgan fingerprint density at radius 1 is 1.26 bits per heavy atom. The van der Waals surface area contributed by atoms with Gasteiger partial charge in [0.1, 0.15) is 11.5 Å². The Labute approximate surface area is 162 Å². The van der Waals surface area contributed by atoms with Gasteiger partial charge in [-0.2, -0.15) is 0 Å². The molecule has 27 heavy (non-hydrogen) atoms. The minimum atomic E-state index is 0.181. The molecule has 7 heteroatoms. The lowest BCUT2D eigenvalue weighted by atomic mass is 10.1. The maximum absolute atomic E-state index is 5.96. The molecule has 2 aliphatic heterocycles. The highest BCUT2D eigenvalue weighted by atomic mass is 16.5. The molecule has 3 heterocycles. The summed E-state index contributed by atoms with van der Waals surface area (Å²) in [4.78, 5) is 9.28. The lowest BCUT2D eigenvalue weighted by molar-refractivity contribution is 0.0119. The van der Waals surface area contributed by atoms with Crippen molar-refractivity contribution in [3.63, 3.8) is 0 Å². The van der Waals surface area contributed by atoms with Crippen LogP contribution in [0.25, 0.3) is 0 Å². The quantitative estimate of drug-likeness (QED) is 0.604. The van der Waals surface area contributed by atoms with Gasteiger partial charge in [0.25, 0.3) is 0 Å². The number of aryl methyl sites for hydroxylation is 1. The molecule has 1 atom stereocenters. The molecule has 0 bridgehead atoms. The number of nitrogens with zero attached hydrogens (tertiary/aromatic N) is 3. The third-order valence-electron chi connectivity index (χ3n) is 5.39. The van der Waals surface area contributed by atoms with Crippen LogP contribution in [0.4, 0.5) is 0 Å². The highest BCUT2D eigenvalue weighted by Gasteiger charge is 2.27. The predicted molar refractivity (Wildman–Crippen MR) is 106 cm³/mol. The molecule has 152 valence electrons. The van der Waals surface area contributed by atoms with Gasteiger partial charge >= 0.3 is 0 Å². The van der Waals surface area contributed by atoms with Gasteiger partial charge in [-0.1, -0.05) is 0 Å². The van der Waals surface area contributed by atoms with Crippen molar-refractivity contribution in [3.8, 4) is 0 Å². The normalized spacial score (nSPS) is 21.4. The number of hydrogen-bond acceptors (Lipinski definition) is 5. The van der Waals surface area contributed by atoms with Crippen molar-refractivity contribution in [2.45, 2.75) is 38.8 Å². The van der Waals surface area contributed by atoms with E-state index in [-0.39, 0.29) is 6.04 Å². The molecule has 3 rings (SSSR count). The predicted octanol–water partition coefficient (Wildman–Crippen LogP) is 2.04. The molecule has 0 aromatic carbocycles. The number of aliphatic imine (C=N–C) groups is 1. The Balaban J connectivity index is 1.60. The SMILES string of the molecule is CCOC1CCN(C(=NC)NCC(c2ccc(C)o2)N2CCOCC2)CC1. The highest BCUT2D eigenvalue weighted by Crippen LogP contribution is 2.23. The summed E-state index contributed by atoms with van der Waals surface area (Å²) in [6.07, 6.45) is 2.49. The van der Waals surface area contributed by atoms with Crippen LogP contribution in [0.5, 0.6) is 0 Å². The number of guanidine groups is 1. The van der Waals surface area contributed by atoms with Gasteiger partial charge in [-0.15, -0.1) is 0 Å². The molecule has 1 aromatic rings. The summed E-state index contributed by atoms with van der Waals surface area (Å²) >= 11 is 0. The zero-order valence-electron chi connectivity index (χ0n) is 16.9. The monoisotopic (exact) mass is 378 g/mol. The number of hydrogen-bond donors (Lipinski definition) is 1. The Morgan fingerprint density at radius 2 is 2.00 bits per heavy atom. The molecule has 0 spiro atoms. The first-order valence-electron chi connectivity index (χ1n) is 10.2. The second-order valence-electron chi connectivity index (χ2n) is 7.18. The zero-order valence-corrected chi connectivity index (χ0v) is 16.9. The summed E-state index contributed by atoms with van der Waals surface area (Å²) in [5, 5.41) is 3.58. The van der Waals surface area contributed by atoms with Crippen molar-refractivity contribution < 1.29 is 13.9 Å². The number of likely N-dealkylation sites (tertiary alicyclic amines) is 1. The van der Waals surface area contributed by atoms with Crippen LogP contribution in [-0.2, 0) is 9.47 Å². The maximum atomic E-state index is 5.96. The number of rotatable bonds is 6. The number of furan rings is 1. The van der Waals surface area contributed by atoms with Crippen molar-refractivity contribution in [1.82, 2.24) is 15.1 Å². The lowest BCUT2D eigenvalue weighted by Gasteiger charge is -2.36. The van der Waals surface area contributed by atoms with Gasteiger partial charge in [0.2, 0.25) is 0 Å². The van der Waals surface area contributed by atoms with Crippen LogP contribution in [0.2, 0.25) is 0 Å². The fourth-order valence-corrected chi connectivity index (χ4v) is 3.92. The zero-order chi connectivity index (χ0) is 19.1. The first-order chi connectivity index (χ1) is 13.2. The van der Waals surface area contributed by atoms with Gasteiger partial charge in [-0.25, -0.2) is 0 Å². The van der Waals surface area contributed by atoms with Crippen LogP contribution < -0.4 is 5.32 Å². The molecule has 0 aliphatic carbocycles. The number of morpholine rings is 1. The molecule has 1 aromatic heterocycles. The van der Waals surface area contributed by atoms with Gasteiger partial charge < -0.3 is 24.1 Å². The van der Waals surface area contributed by atoms with E-state index >= 15 is 0 Å². The van der Waals surface area contributed by atoms with Crippen LogP contribution >= 0.6 is 0 Å². The minimum Gasteiger partial charge on any atom is -0.465 e. The third kappa shape index (κ3) is 5.46. The first-order valence-corrected chi connectivity index (χ1v) is 10.2. The van der Waals surface area contributed by atoms with Crippen molar-refractivity contribution in [2.24, 2.45) is 4.99 Å². The maximum Gasteiger partial charge on any atom is 0.193 e. The fourth-order valence-electron chi connectivity index (χ4n) is 3.92. The van der Waals surface area contributed by atoms with Crippen LogP contribution in [0.3, 0.4) is 0 Å². The van der Waals surface area contributed by atoms with E-state index < -0.39 is 0 Å². The minimum absolute atomic E-state index is 0.181. The van der Waals surface area contributed by atoms with Crippen LogP contribution in [0, 0.1) is 6.92 Å². The van der Waals surface area contributed by atoms with E-state index in [1.807, 2.05) is 20.0 Å². The highest BCUT2D eigenvalue weighted by molar-refractivity contribution is 5.80. The van der Waals surface area contributed by atoms with Gasteiger partial charge in [-0.05, 0) is 38.8 Å². The Bertz CT molecular complexity index is 590. The molecular weight excluding hydrogens is 344 g/mol. The summed E-state index contributed by atoms with van der Waals surface area (Å²) < 4.78 is 17.2. The summed E-state index contributed by atoms with van der Waals surface area (Å²) in [7, 11) is 1.86.